The van der Waals surface area contributed by atoms with Crippen LogP contribution in [-0.4, -0.2) is 37.3 Å². The molecule has 2 amide bonds. The van der Waals surface area contributed by atoms with Gasteiger partial charge in [-0.05, 0) is 42.8 Å². The van der Waals surface area contributed by atoms with E-state index < -0.39 is 41.4 Å². The summed E-state index contributed by atoms with van der Waals surface area (Å²) in [7, 11) is 1.09. The van der Waals surface area contributed by atoms with Crippen molar-refractivity contribution in [3.05, 3.63) is 68.2 Å². The number of hydrogen-bond donors (Lipinski definition) is 2. The van der Waals surface area contributed by atoms with Gasteiger partial charge in [-0.25, -0.2) is 0 Å². The molecule has 0 spiro atoms. The average molecular weight is 602 g/mol. The van der Waals surface area contributed by atoms with Gasteiger partial charge >= 0.3 is 12.1 Å². The van der Waals surface area contributed by atoms with E-state index in [4.69, 9.17) is 32.7 Å². The van der Waals surface area contributed by atoms with Crippen molar-refractivity contribution in [2.45, 2.75) is 19.0 Å². The molecule has 0 fully saturated rings. The Bertz CT molecular complexity index is 1350. The zero-order valence-corrected chi connectivity index (χ0v) is 22.6. The molecule has 0 aliphatic carbocycles. The number of hydrogen-bond acceptors (Lipinski definition) is 7. The molecule has 0 radical (unpaired) electrons. The molecule has 0 saturated carbocycles. The van der Waals surface area contributed by atoms with Crippen molar-refractivity contribution in [1.29, 1.82) is 5.26 Å². The molecule has 39 heavy (non-hydrogen) atoms. The molecule has 2 N–H and O–H groups in total. The lowest BCUT2D eigenvalue weighted by Crippen LogP contribution is -2.44. The molecule has 1 aliphatic heterocycles. The van der Waals surface area contributed by atoms with Gasteiger partial charge < -0.3 is 20.1 Å². The van der Waals surface area contributed by atoms with Crippen molar-refractivity contribution in [3.8, 4) is 11.8 Å². The predicted molar refractivity (Wildman–Crippen MR) is 139 cm³/mol. The number of nitriles is 1. The fraction of sp³-hybridized carbons (Fsp3) is 0.280. The van der Waals surface area contributed by atoms with Crippen LogP contribution in [-0.2, 0) is 25.3 Å². The molecule has 1 heterocycles. The second-order valence-corrected chi connectivity index (χ2v) is 9.78. The van der Waals surface area contributed by atoms with E-state index in [0.29, 0.717) is 0 Å². The SMILES string of the molecule is CCOc1c(Cl)cc([C@@H]2C(C#N)=C(SCC(=O)Nc3cccc(C(F)(F)F)c3)NC(=O)[C@H]2C(=O)OC)cc1Cl. The fourth-order valence-electron chi connectivity index (χ4n) is 3.83. The number of amides is 2. The fourth-order valence-corrected chi connectivity index (χ4v) is 5.29. The van der Waals surface area contributed by atoms with Crippen LogP contribution in [0.2, 0.25) is 10.0 Å². The van der Waals surface area contributed by atoms with Crippen molar-refractivity contribution in [2.24, 2.45) is 5.92 Å². The van der Waals surface area contributed by atoms with Crippen molar-refractivity contribution in [3.63, 3.8) is 0 Å². The molecule has 0 aromatic heterocycles. The minimum Gasteiger partial charge on any atom is -0.491 e. The number of methoxy groups -OCH3 is 1. The Morgan fingerprint density at radius 1 is 1.21 bits per heavy atom. The number of carbonyl (C=O) groups is 3. The number of nitrogens with zero attached hydrogens (tertiary/aromatic N) is 1. The molecule has 8 nitrogen and oxygen atoms in total. The van der Waals surface area contributed by atoms with Crippen LogP contribution in [0.5, 0.6) is 5.75 Å². The summed E-state index contributed by atoms with van der Waals surface area (Å²) in [4.78, 5) is 38.1. The second kappa shape index (κ2) is 12.6. The molecule has 1 aliphatic rings. The van der Waals surface area contributed by atoms with Crippen LogP contribution < -0.4 is 15.4 Å². The maximum Gasteiger partial charge on any atom is 0.416 e. The topological polar surface area (TPSA) is 118 Å². The highest BCUT2D eigenvalue weighted by Crippen LogP contribution is 2.44. The number of thioether (sulfide) groups is 1. The van der Waals surface area contributed by atoms with E-state index in [0.717, 1.165) is 37.1 Å². The summed E-state index contributed by atoms with van der Waals surface area (Å²) in [5.74, 6) is -5.25. The van der Waals surface area contributed by atoms with E-state index in [1.54, 1.807) is 6.92 Å². The summed E-state index contributed by atoms with van der Waals surface area (Å²) < 4.78 is 49.1. The maximum atomic E-state index is 13.0. The lowest BCUT2D eigenvalue weighted by atomic mass is 9.78. The maximum absolute atomic E-state index is 13.0. The molecule has 3 rings (SSSR count). The van der Waals surface area contributed by atoms with Crippen LogP contribution in [0.1, 0.15) is 24.0 Å². The molecule has 2 aromatic carbocycles. The molecular weight excluding hydrogens is 582 g/mol. The summed E-state index contributed by atoms with van der Waals surface area (Å²) in [5.41, 5.74) is -0.842. The third-order valence-electron chi connectivity index (χ3n) is 5.47. The number of esters is 1. The van der Waals surface area contributed by atoms with E-state index in [9.17, 15) is 32.8 Å². The van der Waals surface area contributed by atoms with Crippen molar-refractivity contribution < 1.29 is 37.0 Å². The van der Waals surface area contributed by atoms with Gasteiger partial charge in [0.05, 0.1) is 51.7 Å². The number of benzene rings is 2. The third kappa shape index (κ3) is 6.98. The monoisotopic (exact) mass is 601 g/mol. The highest BCUT2D eigenvalue weighted by molar-refractivity contribution is 8.03. The number of ether oxygens (including phenoxy) is 2. The van der Waals surface area contributed by atoms with Crippen molar-refractivity contribution in [2.75, 3.05) is 24.8 Å². The van der Waals surface area contributed by atoms with Crippen LogP contribution >= 0.6 is 35.0 Å². The summed E-state index contributed by atoms with van der Waals surface area (Å²) in [6, 6.07) is 8.88. The second-order valence-electron chi connectivity index (χ2n) is 7.98. The summed E-state index contributed by atoms with van der Waals surface area (Å²) in [6.07, 6.45) is -4.59. The number of allylic oxidation sites excluding steroid dienone is 1. The summed E-state index contributed by atoms with van der Waals surface area (Å²) in [5, 5.41) is 15.0. The van der Waals surface area contributed by atoms with Gasteiger partial charge in [-0.3, -0.25) is 14.4 Å². The van der Waals surface area contributed by atoms with Gasteiger partial charge in [0, 0.05) is 11.6 Å². The minimum absolute atomic E-state index is 0.0204. The summed E-state index contributed by atoms with van der Waals surface area (Å²) in [6.45, 7) is 1.99. The van der Waals surface area contributed by atoms with Crippen LogP contribution in [0.4, 0.5) is 18.9 Å². The third-order valence-corrected chi connectivity index (χ3v) is 7.05. The molecule has 2 aromatic rings. The Hall–Kier alpha value is -3.40. The normalized spacial score (nSPS) is 17.2. The van der Waals surface area contributed by atoms with Gasteiger partial charge in [0.15, 0.2) is 5.75 Å². The smallest absolute Gasteiger partial charge is 0.416 e. The Kier molecular flexibility index (Phi) is 9.77. The molecular formula is C25H20Cl2F3N3O5S. The number of halogens is 5. The van der Waals surface area contributed by atoms with Gasteiger partial charge in [-0.2, -0.15) is 18.4 Å². The Balaban J connectivity index is 1.94. The molecule has 0 unspecified atom stereocenters. The highest BCUT2D eigenvalue weighted by atomic mass is 35.5. The standard InChI is InChI=1S/C25H20Cl2F3N3O5S/c1-3-38-21-16(26)7-12(8-17(21)27)19-15(10-31)23(33-22(35)20(19)24(36)37-2)39-11-18(34)32-14-6-4-5-13(9-14)25(28,29)30/h4-9,19-20H,3,11H2,1-2H3,(H,32,34)(H,33,35)/t19-,20+/m1/s1. The Labute approximate surface area is 235 Å². The molecule has 2 atom stereocenters. The average Bonchev–Trinajstić information content (AvgIpc) is 2.88. The van der Waals surface area contributed by atoms with Crippen molar-refractivity contribution >= 4 is 58.4 Å². The van der Waals surface area contributed by atoms with E-state index in [-0.39, 0.29) is 50.0 Å². The number of carbonyl (C=O) groups excluding carboxylic acids is 3. The molecule has 0 bridgehead atoms. The minimum atomic E-state index is -4.59. The van der Waals surface area contributed by atoms with Gasteiger partial charge in [0.2, 0.25) is 11.8 Å². The lowest BCUT2D eigenvalue weighted by Gasteiger charge is -2.31. The van der Waals surface area contributed by atoms with Crippen LogP contribution in [0.15, 0.2) is 47.0 Å². The first-order chi connectivity index (χ1) is 18.4. The van der Waals surface area contributed by atoms with E-state index >= 15 is 0 Å². The molecule has 206 valence electrons. The van der Waals surface area contributed by atoms with Gasteiger partial charge in [0.1, 0.15) is 5.92 Å². The van der Waals surface area contributed by atoms with Gasteiger partial charge in [-0.1, -0.05) is 41.0 Å². The first-order valence-corrected chi connectivity index (χ1v) is 12.9. The zero-order valence-electron chi connectivity index (χ0n) is 20.3. The number of alkyl halides is 3. The van der Waals surface area contributed by atoms with Gasteiger partial charge in [0.25, 0.3) is 0 Å². The zero-order chi connectivity index (χ0) is 28.9. The van der Waals surface area contributed by atoms with E-state index in [2.05, 4.69) is 10.6 Å². The van der Waals surface area contributed by atoms with Crippen LogP contribution in [0.25, 0.3) is 0 Å². The number of nitrogens with one attached hydrogen (secondary N) is 2. The quantitative estimate of drug-likeness (QED) is 0.302. The van der Waals surface area contributed by atoms with Crippen molar-refractivity contribution in [1.82, 2.24) is 5.32 Å². The van der Waals surface area contributed by atoms with E-state index in [1.807, 2.05) is 6.07 Å². The number of rotatable bonds is 8. The van der Waals surface area contributed by atoms with E-state index in [1.165, 1.54) is 18.2 Å². The van der Waals surface area contributed by atoms with Gasteiger partial charge in [-0.15, -0.1) is 0 Å². The first-order valence-electron chi connectivity index (χ1n) is 11.2. The lowest BCUT2D eigenvalue weighted by molar-refractivity contribution is -0.150. The number of anilines is 1. The molecule has 0 saturated heterocycles. The van der Waals surface area contributed by atoms with Crippen LogP contribution in [0, 0.1) is 17.2 Å². The highest BCUT2D eigenvalue weighted by Gasteiger charge is 2.45. The van der Waals surface area contributed by atoms with Crippen LogP contribution in [0.3, 0.4) is 0 Å². The molecule has 14 heteroatoms. The predicted octanol–water partition coefficient (Wildman–Crippen LogP) is 5.52. The summed E-state index contributed by atoms with van der Waals surface area (Å²) >= 11 is 13.4. The Morgan fingerprint density at radius 2 is 1.87 bits per heavy atom. The first kappa shape index (κ1) is 30.1. The Morgan fingerprint density at radius 3 is 2.44 bits per heavy atom. The largest absolute Gasteiger partial charge is 0.491 e.